The van der Waals surface area contributed by atoms with Crippen LogP contribution in [0.5, 0.6) is 5.75 Å². The molecule has 3 aromatic carbocycles. The lowest BCUT2D eigenvalue weighted by molar-refractivity contribution is -0.384. The molecule has 0 atom stereocenters. The Morgan fingerprint density at radius 2 is 1.73 bits per heavy atom. The van der Waals surface area contributed by atoms with Crippen LogP contribution in [0.2, 0.25) is 5.02 Å². The number of aromatic amines is 1. The van der Waals surface area contributed by atoms with Gasteiger partial charge >= 0.3 is 0 Å². The third-order valence-corrected chi connectivity index (χ3v) is 5.54. The van der Waals surface area contributed by atoms with Gasteiger partial charge in [0.15, 0.2) is 0 Å². The van der Waals surface area contributed by atoms with E-state index in [-0.39, 0.29) is 21.8 Å². The summed E-state index contributed by atoms with van der Waals surface area (Å²) in [7, 11) is 1.55. The Kier molecular flexibility index (Phi) is 3.81. The SMILES string of the molecule is COc1ccc2[nH]c3cc(-c4ccc([N+](=O)[O-])cc4Cl)c4c(c3c2c1)C(=O)NC4=O. The van der Waals surface area contributed by atoms with Gasteiger partial charge in [-0.1, -0.05) is 11.6 Å². The zero-order valence-corrected chi connectivity index (χ0v) is 16.2. The molecule has 0 fully saturated rings. The van der Waals surface area contributed by atoms with Crippen molar-refractivity contribution >= 4 is 50.9 Å². The van der Waals surface area contributed by atoms with Gasteiger partial charge < -0.3 is 9.72 Å². The van der Waals surface area contributed by atoms with Crippen molar-refractivity contribution in [1.29, 1.82) is 0 Å². The van der Waals surface area contributed by atoms with Crippen LogP contribution in [0.3, 0.4) is 0 Å². The van der Waals surface area contributed by atoms with Crippen molar-refractivity contribution in [2.75, 3.05) is 7.11 Å². The highest BCUT2D eigenvalue weighted by molar-refractivity contribution is 6.36. The van der Waals surface area contributed by atoms with Crippen molar-refractivity contribution < 1.29 is 19.2 Å². The van der Waals surface area contributed by atoms with E-state index in [1.807, 2.05) is 6.07 Å². The van der Waals surface area contributed by atoms with Gasteiger partial charge in [-0.3, -0.25) is 25.0 Å². The topological polar surface area (TPSA) is 114 Å². The summed E-state index contributed by atoms with van der Waals surface area (Å²) in [5.41, 5.74) is 2.49. The minimum atomic E-state index is -0.551. The maximum atomic E-state index is 12.7. The average Bonchev–Trinajstić information content (AvgIpc) is 3.23. The van der Waals surface area contributed by atoms with Crippen molar-refractivity contribution in [2.24, 2.45) is 0 Å². The summed E-state index contributed by atoms with van der Waals surface area (Å²) in [5, 5.41) is 14.8. The monoisotopic (exact) mass is 421 g/mol. The van der Waals surface area contributed by atoms with Gasteiger partial charge in [-0.25, -0.2) is 0 Å². The van der Waals surface area contributed by atoms with Crippen LogP contribution in [0.4, 0.5) is 5.69 Å². The first-order valence-corrected chi connectivity index (χ1v) is 9.23. The number of nitro groups is 1. The molecule has 0 bridgehead atoms. The number of H-pyrrole nitrogens is 1. The number of carbonyl (C=O) groups excluding carboxylic acids is 2. The van der Waals surface area contributed by atoms with Crippen molar-refractivity contribution in [3.63, 3.8) is 0 Å². The fourth-order valence-electron chi connectivity index (χ4n) is 3.91. The van der Waals surface area contributed by atoms with E-state index in [0.29, 0.717) is 27.8 Å². The molecule has 0 spiro atoms. The molecule has 1 aliphatic heterocycles. The third-order valence-electron chi connectivity index (χ3n) is 5.23. The minimum Gasteiger partial charge on any atom is -0.497 e. The molecule has 1 aliphatic rings. The number of non-ortho nitro benzene ring substituents is 1. The summed E-state index contributed by atoms with van der Waals surface area (Å²) in [5.74, 6) is -0.438. The smallest absolute Gasteiger partial charge is 0.270 e. The van der Waals surface area contributed by atoms with E-state index in [9.17, 15) is 19.7 Å². The Balaban J connectivity index is 1.88. The first-order valence-electron chi connectivity index (χ1n) is 8.85. The van der Waals surface area contributed by atoms with Gasteiger partial charge in [0.1, 0.15) is 5.75 Å². The number of nitrogens with one attached hydrogen (secondary N) is 2. The number of nitrogens with zero attached hydrogens (tertiary/aromatic N) is 1. The maximum Gasteiger partial charge on any atom is 0.270 e. The van der Waals surface area contributed by atoms with Crippen molar-refractivity contribution in [3.05, 3.63) is 68.7 Å². The molecule has 9 heteroatoms. The number of amides is 2. The molecular weight excluding hydrogens is 410 g/mol. The third kappa shape index (κ3) is 2.47. The normalized spacial score (nSPS) is 13.0. The van der Waals surface area contributed by atoms with E-state index in [1.54, 1.807) is 25.3 Å². The van der Waals surface area contributed by atoms with Crippen LogP contribution >= 0.6 is 11.6 Å². The molecular formula is C21H12ClN3O5. The molecule has 148 valence electrons. The summed E-state index contributed by atoms with van der Waals surface area (Å²) < 4.78 is 5.29. The fourth-order valence-corrected chi connectivity index (χ4v) is 4.19. The molecule has 0 saturated carbocycles. The number of aromatic nitrogens is 1. The second-order valence-electron chi connectivity index (χ2n) is 6.84. The van der Waals surface area contributed by atoms with E-state index in [4.69, 9.17) is 16.3 Å². The van der Waals surface area contributed by atoms with Crippen LogP contribution in [0.25, 0.3) is 32.9 Å². The number of fused-ring (bicyclic) bond motifs is 5. The lowest BCUT2D eigenvalue weighted by Crippen LogP contribution is -2.20. The van der Waals surface area contributed by atoms with Crippen LogP contribution in [0, 0.1) is 10.1 Å². The standard InChI is InChI=1S/C21H12ClN3O5/c1-30-10-3-5-15-13(7-10)17-16(23-15)8-12(18-19(17)21(27)24-20(18)26)11-4-2-9(25(28)29)6-14(11)22/h2-8,23H,1H3,(H,24,26,27). The number of rotatable bonds is 3. The summed E-state index contributed by atoms with van der Waals surface area (Å²) in [4.78, 5) is 39.1. The van der Waals surface area contributed by atoms with Crippen LogP contribution in [0.1, 0.15) is 20.7 Å². The van der Waals surface area contributed by atoms with E-state index in [2.05, 4.69) is 10.3 Å². The van der Waals surface area contributed by atoms with Crippen LogP contribution < -0.4 is 10.1 Å². The second-order valence-corrected chi connectivity index (χ2v) is 7.24. The van der Waals surface area contributed by atoms with Crippen LogP contribution in [-0.4, -0.2) is 28.8 Å². The Morgan fingerprint density at radius 3 is 2.43 bits per heavy atom. The largest absolute Gasteiger partial charge is 0.497 e. The molecule has 0 radical (unpaired) electrons. The van der Waals surface area contributed by atoms with Gasteiger partial charge in [-0.2, -0.15) is 0 Å². The average molecular weight is 422 g/mol. The Morgan fingerprint density at radius 1 is 0.967 bits per heavy atom. The molecule has 5 rings (SSSR count). The number of carbonyl (C=O) groups is 2. The number of hydrogen-bond donors (Lipinski definition) is 2. The number of imide groups is 1. The van der Waals surface area contributed by atoms with Crippen molar-refractivity contribution in [3.8, 4) is 16.9 Å². The summed E-state index contributed by atoms with van der Waals surface area (Å²) in [6.07, 6.45) is 0. The first-order chi connectivity index (χ1) is 14.4. The van der Waals surface area contributed by atoms with Crippen LogP contribution in [-0.2, 0) is 0 Å². The molecule has 2 amide bonds. The summed E-state index contributed by atoms with van der Waals surface area (Å²) >= 11 is 6.32. The zero-order chi connectivity index (χ0) is 21.2. The molecule has 2 N–H and O–H groups in total. The number of hydrogen-bond acceptors (Lipinski definition) is 5. The van der Waals surface area contributed by atoms with E-state index >= 15 is 0 Å². The lowest BCUT2D eigenvalue weighted by Gasteiger charge is -2.10. The van der Waals surface area contributed by atoms with E-state index < -0.39 is 16.7 Å². The van der Waals surface area contributed by atoms with Crippen molar-refractivity contribution in [1.82, 2.24) is 10.3 Å². The van der Waals surface area contributed by atoms with E-state index in [0.717, 1.165) is 10.9 Å². The highest BCUT2D eigenvalue weighted by atomic mass is 35.5. The Labute approximate surface area is 173 Å². The zero-order valence-electron chi connectivity index (χ0n) is 15.4. The number of ether oxygens (including phenoxy) is 1. The minimum absolute atomic E-state index is 0.107. The molecule has 1 aromatic heterocycles. The molecule has 8 nitrogen and oxygen atoms in total. The predicted molar refractivity (Wildman–Crippen MR) is 111 cm³/mol. The van der Waals surface area contributed by atoms with Gasteiger partial charge in [0.25, 0.3) is 17.5 Å². The van der Waals surface area contributed by atoms with Gasteiger partial charge in [0.05, 0.1) is 28.2 Å². The molecule has 0 aliphatic carbocycles. The van der Waals surface area contributed by atoms with Gasteiger partial charge in [-0.05, 0) is 35.9 Å². The number of halogens is 1. The number of nitro benzene ring substituents is 1. The number of benzene rings is 3. The second kappa shape index (κ2) is 6.30. The van der Waals surface area contributed by atoms with Gasteiger partial charge in [-0.15, -0.1) is 0 Å². The van der Waals surface area contributed by atoms with Gasteiger partial charge in [0, 0.05) is 39.5 Å². The molecule has 30 heavy (non-hydrogen) atoms. The summed E-state index contributed by atoms with van der Waals surface area (Å²) in [6, 6.07) is 11.1. The fraction of sp³-hybridized carbons (Fsp3) is 0.0476. The maximum absolute atomic E-state index is 12.7. The van der Waals surface area contributed by atoms with E-state index in [1.165, 1.54) is 18.2 Å². The Hall–Kier alpha value is -3.91. The molecule has 2 heterocycles. The molecule has 0 unspecified atom stereocenters. The quantitative estimate of drug-likeness (QED) is 0.288. The lowest BCUT2D eigenvalue weighted by atomic mass is 9.92. The first kappa shape index (κ1) is 18.1. The number of methoxy groups -OCH3 is 1. The highest BCUT2D eigenvalue weighted by Crippen LogP contribution is 2.42. The van der Waals surface area contributed by atoms with Crippen molar-refractivity contribution in [2.45, 2.75) is 0 Å². The molecule has 4 aromatic rings. The Bertz CT molecular complexity index is 1440. The highest BCUT2D eigenvalue weighted by Gasteiger charge is 2.34. The van der Waals surface area contributed by atoms with Crippen LogP contribution in [0.15, 0.2) is 42.5 Å². The van der Waals surface area contributed by atoms with Gasteiger partial charge in [0.2, 0.25) is 0 Å². The predicted octanol–water partition coefficient (Wildman–Crippen LogP) is 4.44. The summed E-state index contributed by atoms with van der Waals surface area (Å²) in [6.45, 7) is 0. The molecule has 0 saturated heterocycles.